The molecule has 0 unspecified atom stereocenters. The van der Waals surface area contributed by atoms with Gasteiger partial charge in [-0.1, -0.05) is 85.9 Å². The van der Waals surface area contributed by atoms with Crippen molar-refractivity contribution >= 4 is 49.1 Å². The van der Waals surface area contributed by atoms with Crippen LogP contribution in [-0.2, 0) is 23.4 Å². The van der Waals surface area contributed by atoms with Crippen molar-refractivity contribution in [2.45, 2.75) is 80.6 Å². The number of hydrogen-bond donors (Lipinski definition) is 0. The molecule has 0 aliphatic carbocycles. The zero-order valence-electron chi connectivity index (χ0n) is 18.3. The Kier molecular flexibility index (Phi) is 8.34. The summed E-state index contributed by atoms with van der Waals surface area (Å²) in [5.74, 6) is -1.78. The molecular weight excluding hydrogens is 467 g/mol. The van der Waals surface area contributed by atoms with Crippen molar-refractivity contribution in [2.24, 2.45) is 0 Å². The summed E-state index contributed by atoms with van der Waals surface area (Å²) in [6, 6.07) is 9.56. The van der Waals surface area contributed by atoms with E-state index in [1.165, 1.54) is 0 Å². The first-order chi connectivity index (χ1) is 13.7. The Morgan fingerprint density at radius 1 is 1.20 bits per heavy atom. The summed E-state index contributed by atoms with van der Waals surface area (Å²) in [6.07, 6.45) is -1.57. The van der Waals surface area contributed by atoms with Crippen LogP contribution in [0.5, 0.6) is 0 Å². The molecule has 2 rings (SSSR count). The smallest absolute Gasteiger partial charge is 0.311 e. The van der Waals surface area contributed by atoms with E-state index >= 15 is 0 Å². The maximum atomic E-state index is 12.5. The fourth-order valence-corrected chi connectivity index (χ4v) is 4.75. The summed E-state index contributed by atoms with van der Waals surface area (Å²) < 4.78 is 22.2. The third kappa shape index (κ3) is 6.58. The third-order valence-electron chi connectivity index (χ3n) is 5.51. The van der Waals surface area contributed by atoms with E-state index in [1.54, 1.807) is 6.92 Å². The summed E-state index contributed by atoms with van der Waals surface area (Å²) in [5.41, 5.74) is 0.882. The van der Waals surface area contributed by atoms with Crippen molar-refractivity contribution < 1.29 is 23.4 Å². The Bertz CT molecular complexity index is 718. The lowest BCUT2D eigenvalue weighted by molar-refractivity contribution is -0.344. The quantitative estimate of drug-likeness (QED) is 0.254. The molecule has 1 aliphatic rings. The molecule has 30 heavy (non-hydrogen) atoms. The highest BCUT2D eigenvalue weighted by Crippen LogP contribution is 2.49. The first-order valence-electron chi connectivity index (χ1n) is 10.00. The largest absolute Gasteiger partial charge is 0.466 e. The SMILES string of the molecule is CCOC(=O)C[C@]1(O[Si](C)(C)C(C)(C)C)C[C@@H](c2ccccc2)O[C@@H](C(Cl)(Cl)Cl)O1. The number of alkyl halides is 3. The lowest BCUT2D eigenvalue weighted by atomic mass is 9.97. The van der Waals surface area contributed by atoms with Crippen molar-refractivity contribution in [3.63, 3.8) is 0 Å². The van der Waals surface area contributed by atoms with E-state index in [9.17, 15) is 4.79 Å². The van der Waals surface area contributed by atoms with Crippen LogP contribution in [0.15, 0.2) is 30.3 Å². The van der Waals surface area contributed by atoms with Crippen molar-refractivity contribution in [3.05, 3.63) is 35.9 Å². The molecule has 3 atom stereocenters. The molecule has 0 radical (unpaired) electrons. The maximum Gasteiger partial charge on any atom is 0.311 e. The maximum absolute atomic E-state index is 12.5. The first-order valence-corrected chi connectivity index (χ1v) is 14.0. The van der Waals surface area contributed by atoms with E-state index in [1.807, 2.05) is 30.3 Å². The zero-order valence-corrected chi connectivity index (χ0v) is 21.6. The lowest BCUT2D eigenvalue weighted by Crippen LogP contribution is -2.58. The molecule has 0 N–H and O–H groups in total. The summed E-state index contributed by atoms with van der Waals surface area (Å²) >= 11 is 18.5. The number of benzene rings is 1. The van der Waals surface area contributed by atoms with Gasteiger partial charge in [0, 0.05) is 6.42 Å². The predicted octanol–water partition coefficient (Wildman–Crippen LogP) is 6.53. The predicted molar refractivity (Wildman–Crippen MR) is 122 cm³/mol. The average Bonchev–Trinajstić information content (AvgIpc) is 2.60. The van der Waals surface area contributed by atoms with E-state index in [0.717, 1.165) is 5.56 Å². The Hall–Kier alpha value is -0.343. The summed E-state index contributed by atoms with van der Waals surface area (Å²) in [4.78, 5) is 12.5. The van der Waals surface area contributed by atoms with Gasteiger partial charge in [0.05, 0.1) is 19.1 Å². The number of carbonyl (C=O) groups is 1. The molecule has 1 fully saturated rings. The van der Waals surface area contributed by atoms with Crippen LogP contribution in [0.25, 0.3) is 0 Å². The summed E-state index contributed by atoms with van der Waals surface area (Å²) in [6.45, 7) is 12.5. The minimum atomic E-state index is -2.39. The van der Waals surface area contributed by atoms with Crippen LogP contribution in [0.4, 0.5) is 0 Å². The molecule has 1 saturated heterocycles. The zero-order chi connectivity index (χ0) is 22.8. The van der Waals surface area contributed by atoms with Gasteiger partial charge >= 0.3 is 5.97 Å². The number of ether oxygens (including phenoxy) is 3. The fraction of sp³-hybridized carbons (Fsp3) is 0.667. The number of esters is 1. The molecular formula is C21H31Cl3O5Si. The molecule has 1 aromatic rings. The standard InChI is InChI=1S/C21H31Cl3O5Si/c1-7-26-17(25)14-20(29-30(5,6)19(2,3)4)13-16(15-11-9-8-10-12-15)27-18(28-20)21(22,23)24/h8-12,16,18H,7,13-14H2,1-6H3/t16-,18+,20+/m0/s1. The van der Waals surface area contributed by atoms with Gasteiger partial charge in [0.15, 0.2) is 14.1 Å². The van der Waals surface area contributed by atoms with Gasteiger partial charge in [-0.3, -0.25) is 4.79 Å². The number of rotatable bonds is 6. The van der Waals surface area contributed by atoms with E-state index in [0.29, 0.717) is 0 Å². The Balaban J connectivity index is 2.50. The van der Waals surface area contributed by atoms with Crippen LogP contribution in [0.1, 0.15) is 52.2 Å². The number of carbonyl (C=O) groups excluding carboxylic acids is 1. The van der Waals surface area contributed by atoms with Crippen LogP contribution < -0.4 is 0 Å². The summed E-state index contributed by atoms with van der Waals surface area (Å²) in [7, 11) is -2.39. The Morgan fingerprint density at radius 3 is 2.30 bits per heavy atom. The van der Waals surface area contributed by atoms with Crippen molar-refractivity contribution in [1.82, 2.24) is 0 Å². The van der Waals surface area contributed by atoms with E-state index in [4.69, 9.17) is 53.4 Å². The molecule has 170 valence electrons. The molecule has 1 aromatic carbocycles. The van der Waals surface area contributed by atoms with Gasteiger partial charge in [0.1, 0.15) is 0 Å². The normalized spacial score (nSPS) is 25.8. The van der Waals surface area contributed by atoms with Crippen LogP contribution in [0.2, 0.25) is 18.1 Å². The van der Waals surface area contributed by atoms with Gasteiger partial charge < -0.3 is 18.6 Å². The van der Waals surface area contributed by atoms with E-state index in [2.05, 4.69) is 33.9 Å². The summed E-state index contributed by atoms with van der Waals surface area (Å²) in [5, 5.41) is -0.131. The molecule has 0 aromatic heterocycles. The van der Waals surface area contributed by atoms with Gasteiger partial charge in [0.25, 0.3) is 0 Å². The van der Waals surface area contributed by atoms with Crippen LogP contribution in [0.3, 0.4) is 0 Å². The molecule has 5 nitrogen and oxygen atoms in total. The van der Waals surface area contributed by atoms with Gasteiger partial charge in [-0.25, -0.2) is 0 Å². The number of hydrogen-bond acceptors (Lipinski definition) is 5. The molecule has 0 spiro atoms. The Labute approximate surface area is 195 Å². The van der Waals surface area contributed by atoms with Gasteiger partial charge in [-0.15, -0.1) is 0 Å². The van der Waals surface area contributed by atoms with Gasteiger partial charge in [-0.05, 0) is 30.6 Å². The molecule has 0 bridgehead atoms. The second-order valence-corrected chi connectivity index (χ2v) is 16.1. The van der Waals surface area contributed by atoms with Gasteiger partial charge in [0.2, 0.25) is 10.1 Å². The average molecular weight is 498 g/mol. The highest BCUT2D eigenvalue weighted by Gasteiger charge is 2.55. The van der Waals surface area contributed by atoms with E-state index < -0.39 is 36.3 Å². The first kappa shape index (κ1) is 25.9. The van der Waals surface area contributed by atoms with Crippen LogP contribution in [0, 0.1) is 0 Å². The molecule has 0 saturated carbocycles. The topological polar surface area (TPSA) is 54.0 Å². The number of halogens is 3. The second-order valence-electron chi connectivity index (χ2n) is 8.99. The van der Waals surface area contributed by atoms with Crippen molar-refractivity contribution in [3.8, 4) is 0 Å². The van der Waals surface area contributed by atoms with Crippen molar-refractivity contribution in [1.29, 1.82) is 0 Å². The molecule has 1 aliphatic heterocycles. The second kappa shape index (κ2) is 9.65. The monoisotopic (exact) mass is 496 g/mol. The molecule has 0 amide bonds. The van der Waals surface area contributed by atoms with E-state index in [-0.39, 0.29) is 24.5 Å². The highest BCUT2D eigenvalue weighted by atomic mass is 35.6. The minimum absolute atomic E-state index is 0.128. The molecule has 9 heteroatoms. The lowest BCUT2D eigenvalue weighted by Gasteiger charge is -2.50. The van der Waals surface area contributed by atoms with Gasteiger partial charge in [-0.2, -0.15) is 0 Å². The van der Waals surface area contributed by atoms with Crippen molar-refractivity contribution in [2.75, 3.05) is 6.61 Å². The third-order valence-corrected chi connectivity index (χ3v) is 10.5. The highest BCUT2D eigenvalue weighted by molar-refractivity contribution is 6.74. The van der Waals surface area contributed by atoms with Crippen LogP contribution in [-0.4, -0.2) is 36.8 Å². The fourth-order valence-electron chi connectivity index (χ4n) is 3.02. The van der Waals surface area contributed by atoms with Crippen LogP contribution >= 0.6 is 34.8 Å². The molecule has 1 heterocycles. The Morgan fingerprint density at radius 2 is 1.80 bits per heavy atom. The minimum Gasteiger partial charge on any atom is -0.466 e.